The van der Waals surface area contributed by atoms with Crippen molar-refractivity contribution in [2.24, 2.45) is 10.5 Å². The first kappa shape index (κ1) is 10.2. The number of hydrogen-bond acceptors (Lipinski definition) is 2. The van der Waals surface area contributed by atoms with Crippen molar-refractivity contribution in [1.29, 1.82) is 0 Å². The lowest BCUT2D eigenvalue weighted by Crippen LogP contribution is -2.27. The molecule has 0 radical (unpaired) electrons. The van der Waals surface area contributed by atoms with Gasteiger partial charge in [0, 0.05) is 11.5 Å². The van der Waals surface area contributed by atoms with Crippen LogP contribution in [0.25, 0.3) is 0 Å². The zero-order valence-corrected chi connectivity index (χ0v) is 9.09. The van der Waals surface area contributed by atoms with Crippen LogP contribution in [0.2, 0.25) is 0 Å². The molecule has 1 rings (SSSR count). The molecule has 0 unspecified atom stereocenters. The topological polar surface area (TPSA) is 32.7 Å². The fourth-order valence-electron chi connectivity index (χ4n) is 1.26. The normalized spacial score (nSPS) is 18.5. The van der Waals surface area contributed by atoms with Gasteiger partial charge in [-0.25, -0.2) is 5.01 Å². The molecule has 0 aromatic carbocycles. The van der Waals surface area contributed by atoms with Gasteiger partial charge in [-0.2, -0.15) is 5.10 Å². The van der Waals surface area contributed by atoms with Crippen molar-refractivity contribution in [2.45, 2.75) is 47.1 Å². The Morgan fingerprint density at radius 3 is 2.15 bits per heavy atom. The molecule has 3 nitrogen and oxygen atoms in total. The zero-order valence-electron chi connectivity index (χ0n) is 9.09. The van der Waals surface area contributed by atoms with E-state index in [-0.39, 0.29) is 17.4 Å². The Kier molecular flexibility index (Phi) is 2.46. The second kappa shape index (κ2) is 3.13. The number of hydrazone groups is 1. The van der Waals surface area contributed by atoms with Gasteiger partial charge in [0.15, 0.2) is 0 Å². The molecule has 0 spiro atoms. The second-order valence-corrected chi connectivity index (χ2v) is 4.81. The smallest absolute Gasteiger partial charge is 0.248 e. The number of amides is 1. The monoisotopic (exact) mass is 182 g/mol. The minimum Gasteiger partial charge on any atom is -0.273 e. The minimum atomic E-state index is 0.0132. The summed E-state index contributed by atoms with van der Waals surface area (Å²) in [5.41, 5.74) is 1.01. The molecule has 0 saturated heterocycles. The fraction of sp³-hybridized carbons (Fsp3) is 0.800. The van der Waals surface area contributed by atoms with Crippen molar-refractivity contribution in [3.05, 3.63) is 0 Å². The van der Waals surface area contributed by atoms with Crippen LogP contribution >= 0.6 is 0 Å². The van der Waals surface area contributed by atoms with Crippen molar-refractivity contribution in [3.63, 3.8) is 0 Å². The molecular weight excluding hydrogens is 164 g/mol. The van der Waals surface area contributed by atoms with Crippen LogP contribution in [0.1, 0.15) is 41.0 Å². The van der Waals surface area contributed by atoms with Gasteiger partial charge in [-0.3, -0.25) is 4.79 Å². The van der Waals surface area contributed by atoms with Gasteiger partial charge < -0.3 is 0 Å². The van der Waals surface area contributed by atoms with Crippen LogP contribution in [0.5, 0.6) is 0 Å². The van der Waals surface area contributed by atoms with E-state index < -0.39 is 0 Å². The van der Waals surface area contributed by atoms with Crippen molar-refractivity contribution < 1.29 is 4.79 Å². The highest BCUT2D eigenvalue weighted by Crippen LogP contribution is 2.25. The molecular formula is C10H18N2O. The van der Waals surface area contributed by atoms with E-state index in [0.717, 1.165) is 5.71 Å². The average Bonchev–Trinajstić information content (AvgIpc) is 2.29. The summed E-state index contributed by atoms with van der Waals surface area (Å²) in [6.07, 6.45) is 0.488. The van der Waals surface area contributed by atoms with Crippen LogP contribution in [-0.4, -0.2) is 22.7 Å². The summed E-state index contributed by atoms with van der Waals surface area (Å²) in [4.78, 5) is 11.5. The van der Waals surface area contributed by atoms with Crippen LogP contribution in [0.15, 0.2) is 5.10 Å². The van der Waals surface area contributed by atoms with Gasteiger partial charge in [-0.05, 0) is 13.8 Å². The van der Waals surface area contributed by atoms with Gasteiger partial charge in [0.1, 0.15) is 0 Å². The van der Waals surface area contributed by atoms with Crippen LogP contribution in [-0.2, 0) is 4.79 Å². The fourth-order valence-corrected chi connectivity index (χ4v) is 1.26. The highest BCUT2D eigenvalue weighted by Gasteiger charge is 2.31. The third-order valence-electron chi connectivity index (χ3n) is 2.16. The van der Waals surface area contributed by atoms with Crippen LogP contribution in [0.4, 0.5) is 0 Å². The number of carbonyl (C=O) groups excluding carboxylic acids is 1. The lowest BCUT2D eigenvalue weighted by atomic mass is 9.88. The Morgan fingerprint density at radius 2 is 1.92 bits per heavy atom. The minimum absolute atomic E-state index is 0.0132. The summed E-state index contributed by atoms with van der Waals surface area (Å²) >= 11 is 0. The molecule has 3 heteroatoms. The number of carbonyl (C=O) groups is 1. The van der Waals surface area contributed by atoms with E-state index in [1.54, 1.807) is 5.01 Å². The van der Waals surface area contributed by atoms with Crippen LogP contribution in [0.3, 0.4) is 0 Å². The Bertz CT molecular complexity index is 248. The molecule has 1 heterocycles. The molecule has 0 saturated carbocycles. The van der Waals surface area contributed by atoms with Crippen LogP contribution < -0.4 is 0 Å². The number of rotatable bonds is 1. The highest BCUT2D eigenvalue weighted by molar-refractivity contribution is 6.07. The predicted octanol–water partition coefficient (Wildman–Crippen LogP) is 2.03. The maximum atomic E-state index is 11.5. The van der Waals surface area contributed by atoms with Crippen molar-refractivity contribution in [2.75, 3.05) is 0 Å². The highest BCUT2D eigenvalue weighted by atomic mass is 16.2. The first-order valence-electron chi connectivity index (χ1n) is 4.72. The van der Waals surface area contributed by atoms with Gasteiger partial charge in [-0.15, -0.1) is 0 Å². The van der Waals surface area contributed by atoms with Crippen molar-refractivity contribution >= 4 is 11.6 Å². The predicted molar refractivity (Wildman–Crippen MR) is 53.5 cm³/mol. The molecule has 74 valence electrons. The quantitative estimate of drug-likeness (QED) is 0.610. The Morgan fingerprint density at radius 1 is 1.38 bits per heavy atom. The molecule has 0 aromatic rings. The molecule has 0 aromatic heterocycles. The lowest BCUT2D eigenvalue weighted by molar-refractivity contribution is -0.130. The molecule has 1 aliphatic rings. The average molecular weight is 182 g/mol. The first-order valence-corrected chi connectivity index (χ1v) is 4.72. The number of hydrogen-bond donors (Lipinski definition) is 0. The first-order chi connectivity index (χ1) is 5.82. The van der Waals surface area contributed by atoms with Gasteiger partial charge in [-0.1, -0.05) is 20.8 Å². The molecule has 1 aliphatic heterocycles. The van der Waals surface area contributed by atoms with Gasteiger partial charge in [0.05, 0.1) is 12.1 Å². The van der Waals surface area contributed by atoms with E-state index in [9.17, 15) is 4.79 Å². The van der Waals surface area contributed by atoms with E-state index >= 15 is 0 Å². The second-order valence-electron chi connectivity index (χ2n) is 4.81. The zero-order chi connectivity index (χ0) is 10.2. The Hall–Kier alpha value is -0.860. The Labute approximate surface area is 79.8 Å². The third-order valence-corrected chi connectivity index (χ3v) is 2.16. The number of nitrogens with zero attached hydrogens (tertiary/aromatic N) is 2. The molecule has 1 amide bonds. The van der Waals surface area contributed by atoms with E-state index in [1.165, 1.54) is 0 Å². The van der Waals surface area contributed by atoms with E-state index in [1.807, 2.05) is 13.8 Å². The van der Waals surface area contributed by atoms with Crippen molar-refractivity contribution in [1.82, 2.24) is 5.01 Å². The summed E-state index contributed by atoms with van der Waals surface area (Å²) in [5.74, 6) is 0.125. The SMILES string of the molecule is CC(C)N1N=C(C(C)(C)C)CC1=O. The standard InChI is InChI=1S/C10H18N2O/c1-7(2)12-9(13)6-8(11-12)10(3,4)5/h7H,6H2,1-5H3. The largest absolute Gasteiger partial charge is 0.273 e. The van der Waals surface area contributed by atoms with Gasteiger partial charge in [0.2, 0.25) is 5.91 Å². The van der Waals surface area contributed by atoms with E-state index in [2.05, 4.69) is 25.9 Å². The summed E-state index contributed by atoms with van der Waals surface area (Å²) in [6, 6.07) is 0.173. The van der Waals surface area contributed by atoms with Gasteiger partial charge in [0.25, 0.3) is 0 Å². The third kappa shape index (κ3) is 2.08. The van der Waals surface area contributed by atoms with Gasteiger partial charge >= 0.3 is 0 Å². The lowest BCUT2D eigenvalue weighted by Gasteiger charge is -2.17. The summed E-state index contributed by atoms with van der Waals surface area (Å²) in [7, 11) is 0. The summed E-state index contributed by atoms with van der Waals surface area (Å²) in [6.45, 7) is 10.2. The summed E-state index contributed by atoms with van der Waals surface area (Å²) in [5, 5.41) is 5.92. The van der Waals surface area contributed by atoms with Crippen molar-refractivity contribution in [3.8, 4) is 0 Å². The van der Waals surface area contributed by atoms with E-state index in [0.29, 0.717) is 6.42 Å². The molecule has 0 bridgehead atoms. The molecule has 13 heavy (non-hydrogen) atoms. The van der Waals surface area contributed by atoms with E-state index in [4.69, 9.17) is 0 Å². The molecule has 0 aliphatic carbocycles. The summed E-state index contributed by atoms with van der Waals surface area (Å²) < 4.78 is 0. The maximum absolute atomic E-state index is 11.5. The molecule has 0 atom stereocenters. The Balaban J connectivity index is 2.84. The molecule has 0 N–H and O–H groups in total. The maximum Gasteiger partial charge on any atom is 0.248 e. The van der Waals surface area contributed by atoms with Crippen LogP contribution in [0, 0.1) is 5.41 Å². The molecule has 0 fully saturated rings.